The maximum Gasteiger partial charge on any atom is 0.223 e. The van der Waals surface area contributed by atoms with Crippen molar-refractivity contribution in [2.24, 2.45) is 0 Å². The van der Waals surface area contributed by atoms with Crippen LogP contribution in [0.2, 0.25) is 0 Å². The van der Waals surface area contributed by atoms with E-state index in [-0.39, 0.29) is 11.3 Å². The number of aryl methyl sites for hydroxylation is 1. The number of amides is 1. The molecule has 2 aliphatic heterocycles. The van der Waals surface area contributed by atoms with Gasteiger partial charge in [-0.3, -0.25) is 4.79 Å². The molecule has 2 aliphatic rings. The highest BCUT2D eigenvalue weighted by Crippen LogP contribution is 2.52. The van der Waals surface area contributed by atoms with Crippen LogP contribution >= 0.6 is 0 Å². The summed E-state index contributed by atoms with van der Waals surface area (Å²) < 4.78 is 6.02. The van der Waals surface area contributed by atoms with E-state index >= 15 is 0 Å². The lowest BCUT2D eigenvalue weighted by molar-refractivity contribution is -0.124. The van der Waals surface area contributed by atoms with Crippen molar-refractivity contribution in [3.8, 4) is 5.75 Å². The van der Waals surface area contributed by atoms with E-state index in [1.165, 1.54) is 16.8 Å². The molecule has 30 heavy (non-hydrogen) atoms. The second-order valence-electron chi connectivity index (χ2n) is 8.93. The molecule has 4 heteroatoms. The molecule has 1 atom stereocenters. The van der Waals surface area contributed by atoms with Crippen molar-refractivity contribution in [2.45, 2.75) is 58.0 Å². The van der Waals surface area contributed by atoms with Crippen LogP contribution in [0.5, 0.6) is 5.75 Å². The number of hydrogen-bond acceptors (Lipinski definition) is 3. The molecule has 0 aliphatic carbocycles. The van der Waals surface area contributed by atoms with Gasteiger partial charge in [0.25, 0.3) is 0 Å². The van der Waals surface area contributed by atoms with Gasteiger partial charge in [0.1, 0.15) is 11.4 Å². The van der Waals surface area contributed by atoms with Crippen LogP contribution in [0.25, 0.3) is 6.08 Å². The first-order valence-corrected chi connectivity index (χ1v) is 11.0. The Kier molecular flexibility index (Phi) is 5.35. The van der Waals surface area contributed by atoms with Gasteiger partial charge >= 0.3 is 0 Å². The Hall–Kier alpha value is -2.75. The third kappa shape index (κ3) is 3.28. The zero-order valence-corrected chi connectivity index (χ0v) is 18.5. The summed E-state index contributed by atoms with van der Waals surface area (Å²) in [6.45, 7) is 10.2. The lowest BCUT2D eigenvalue weighted by atomic mass is 9.74. The summed E-state index contributed by atoms with van der Waals surface area (Å²) in [4.78, 5) is 14.9. The van der Waals surface area contributed by atoms with Gasteiger partial charge < -0.3 is 15.0 Å². The minimum Gasteiger partial charge on any atom is -0.493 e. The molecule has 2 heterocycles. The monoisotopic (exact) mass is 404 g/mol. The van der Waals surface area contributed by atoms with E-state index in [2.05, 4.69) is 74.3 Å². The number of benzene rings is 2. The van der Waals surface area contributed by atoms with Crippen molar-refractivity contribution in [3.05, 3.63) is 65.2 Å². The molecule has 1 amide bonds. The predicted octanol–water partition coefficient (Wildman–Crippen LogP) is 5.20. The number of nitrogens with one attached hydrogen (secondary N) is 1. The number of anilines is 1. The van der Waals surface area contributed by atoms with E-state index in [0.29, 0.717) is 19.6 Å². The lowest BCUT2D eigenvalue weighted by Crippen LogP contribution is -2.68. The highest BCUT2D eigenvalue weighted by molar-refractivity contribution is 5.85. The van der Waals surface area contributed by atoms with E-state index in [0.717, 1.165) is 24.2 Å². The minimum absolute atomic E-state index is 0.0981. The van der Waals surface area contributed by atoms with Gasteiger partial charge in [-0.15, -0.1) is 0 Å². The highest BCUT2D eigenvalue weighted by Gasteiger charge is 2.57. The molecule has 1 N–H and O–H groups in total. The summed E-state index contributed by atoms with van der Waals surface area (Å²) in [5.74, 6) is 0.984. The van der Waals surface area contributed by atoms with Crippen molar-refractivity contribution in [1.82, 2.24) is 5.32 Å². The largest absolute Gasteiger partial charge is 0.493 e. The zero-order chi connectivity index (χ0) is 21.4. The van der Waals surface area contributed by atoms with Gasteiger partial charge in [0.05, 0.1) is 6.61 Å². The van der Waals surface area contributed by atoms with Gasteiger partial charge in [-0.2, -0.15) is 0 Å². The average molecular weight is 405 g/mol. The number of rotatable bonds is 6. The van der Waals surface area contributed by atoms with Crippen LogP contribution in [0.15, 0.2) is 48.5 Å². The van der Waals surface area contributed by atoms with Crippen molar-refractivity contribution < 1.29 is 9.53 Å². The van der Waals surface area contributed by atoms with Crippen LogP contribution in [0.1, 0.15) is 56.7 Å². The Balaban J connectivity index is 1.76. The lowest BCUT2D eigenvalue weighted by Gasteiger charge is -2.49. The third-order valence-electron chi connectivity index (χ3n) is 6.57. The quantitative estimate of drug-likeness (QED) is 0.673. The number of para-hydroxylation sites is 1. The van der Waals surface area contributed by atoms with Crippen molar-refractivity contribution in [2.75, 3.05) is 18.1 Å². The minimum atomic E-state index is -0.602. The summed E-state index contributed by atoms with van der Waals surface area (Å²) in [5.41, 5.74) is 3.88. The highest BCUT2D eigenvalue weighted by atomic mass is 16.5. The fraction of sp³-hybridized carbons (Fsp3) is 0.423. The Morgan fingerprint density at radius 2 is 2.00 bits per heavy atom. The van der Waals surface area contributed by atoms with Crippen LogP contribution in [0.3, 0.4) is 0 Å². The molecule has 4 rings (SSSR count). The smallest absolute Gasteiger partial charge is 0.223 e. The maximum atomic E-state index is 12.6. The molecule has 2 aromatic rings. The van der Waals surface area contributed by atoms with Crippen molar-refractivity contribution >= 4 is 17.7 Å². The fourth-order valence-electron chi connectivity index (χ4n) is 4.75. The van der Waals surface area contributed by atoms with Gasteiger partial charge in [0.2, 0.25) is 5.91 Å². The number of fused-ring (bicyclic) bond motifs is 3. The molecule has 0 spiro atoms. The van der Waals surface area contributed by atoms with Crippen molar-refractivity contribution in [3.63, 3.8) is 0 Å². The Labute approximate surface area is 179 Å². The second kappa shape index (κ2) is 7.82. The average Bonchev–Trinajstić information content (AvgIpc) is 2.91. The normalized spacial score (nSPS) is 22.0. The second-order valence-corrected chi connectivity index (χ2v) is 8.93. The molecular weight excluding hydrogens is 372 g/mol. The Bertz CT molecular complexity index is 979. The SMILES string of the molecule is CCCCOc1ccccc1/C=C/[C@]12NC(=O)CCN1c1ccc(C)cc1C2(C)C. The molecule has 158 valence electrons. The summed E-state index contributed by atoms with van der Waals surface area (Å²) >= 11 is 0. The molecule has 0 bridgehead atoms. The summed E-state index contributed by atoms with van der Waals surface area (Å²) in [5, 5.41) is 3.35. The molecule has 2 aromatic carbocycles. The van der Waals surface area contributed by atoms with Crippen LogP contribution in [-0.2, 0) is 10.2 Å². The van der Waals surface area contributed by atoms with Gasteiger partial charge in [-0.1, -0.05) is 69.2 Å². The van der Waals surface area contributed by atoms with Gasteiger partial charge in [0, 0.05) is 29.6 Å². The van der Waals surface area contributed by atoms with Gasteiger partial charge in [-0.25, -0.2) is 0 Å². The van der Waals surface area contributed by atoms with Crippen LogP contribution < -0.4 is 15.0 Å². The van der Waals surface area contributed by atoms with E-state index < -0.39 is 5.66 Å². The first-order chi connectivity index (χ1) is 14.4. The van der Waals surface area contributed by atoms with Gasteiger partial charge in [-0.05, 0) is 37.1 Å². The summed E-state index contributed by atoms with van der Waals surface area (Å²) in [6, 6.07) is 14.7. The van der Waals surface area contributed by atoms with Crippen LogP contribution in [0, 0.1) is 6.92 Å². The number of nitrogens with zero attached hydrogens (tertiary/aromatic N) is 1. The van der Waals surface area contributed by atoms with E-state index in [1.807, 2.05) is 18.2 Å². The maximum absolute atomic E-state index is 12.6. The summed E-state index contributed by atoms with van der Waals surface area (Å²) in [6.07, 6.45) is 6.93. The Morgan fingerprint density at radius 3 is 2.80 bits per heavy atom. The third-order valence-corrected chi connectivity index (χ3v) is 6.57. The van der Waals surface area contributed by atoms with E-state index in [4.69, 9.17) is 4.74 Å². The zero-order valence-electron chi connectivity index (χ0n) is 18.5. The molecule has 1 fully saturated rings. The first-order valence-electron chi connectivity index (χ1n) is 11.0. The molecular formula is C26H32N2O2. The molecule has 0 aromatic heterocycles. The molecule has 1 saturated heterocycles. The molecule has 0 unspecified atom stereocenters. The van der Waals surface area contributed by atoms with E-state index in [1.54, 1.807) is 0 Å². The van der Waals surface area contributed by atoms with E-state index in [9.17, 15) is 4.79 Å². The van der Waals surface area contributed by atoms with Crippen LogP contribution in [-0.4, -0.2) is 24.7 Å². The molecule has 0 radical (unpaired) electrons. The number of carbonyl (C=O) groups excluding carboxylic acids is 1. The number of carbonyl (C=O) groups is 1. The van der Waals surface area contributed by atoms with Crippen LogP contribution in [0.4, 0.5) is 5.69 Å². The fourth-order valence-corrected chi connectivity index (χ4v) is 4.75. The number of ether oxygens (including phenoxy) is 1. The summed E-state index contributed by atoms with van der Waals surface area (Å²) in [7, 11) is 0. The Morgan fingerprint density at radius 1 is 1.20 bits per heavy atom. The van der Waals surface area contributed by atoms with Crippen molar-refractivity contribution in [1.29, 1.82) is 0 Å². The number of unbranched alkanes of at least 4 members (excludes halogenated alkanes) is 1. The first kappa shape index (κ1) is 20.5. The predicted molar refractivity (Wildman–Crippen MR) is 123 cm³/mol. The topological polar surface area (TPSA) is 41.6 Å². The standard InChI is InChI=1S/C26H32N2O2/c1-5-6-17-30-23-10-8-7-9-20(23)13-15-26-25(3,4)21-18-19(2)11-12-22(21)28(26)16-14-24(29)27-26/h7-13,15,18H,5-6,14,16-17H2,1-4H3,(H,27,29)/b15-13+/t26-/m0/s1. The molecule has 4 nitrogen and oxygen atoms in total. The number of hydrogen-bond donors (Lipinski definition) is 1. The molecule has 0 saturated carbocycles. The van der Waals surface area contributed by atoms with Gasteiger partial charge in [0.15, 0.2) is 0 Å².